The molecule has 0 aliphatic rings. The molecule has 5 aromatic rings. The fourth-order valence-corrected chi connectivity index (χ4v) is 3.98. The van der Waals surface area contributed by atoms with Gasteiger partial charge in [-0.05, 0) is 66.9 Å². The molecule has 5 rings (SSSR count). The van der Waals surface area contributed by atoms with Crippen molar-refractivity contribution in [2.24, 2.45) is 0 Å². The molecule has 33 heavy (non-hydrogen) atoms. The van der Waals surface area contributed by atoms with Crippen LogP contribution >= 0.6 is 0 Å². The molecule has 0 fully saturated rings. The van der Waals surface area contributed by atoms with Gasteiger partial charge in [-0.1, -0.05) is 18.2 Å². The molecule has 0 unspecified atom stereocenters. The van der Waals surface area contributed by atoms with Gasteiger partial charge >= 0.3 is 0 Å². The number of hydrogen-bond donors (Lipinski definition) is 1. The Balaban J connectivity index is 1.38. The standard InChI is InChI=1S/C26H24N6O/c1-18-14-19(2)29-24-23(18)25(31-12-3-4-13-31)30-32(24)17-20-7-9-22(10-8-20)26(33)28-16-21-6-5-11-27-15-21/h3-15H,16-17H2,1-2H3,(H,28,33). The molecule has 0 bridgehead atoms. The summed E-state index contributed by atoms with van der Waals surface area (Å²) in [5.41, 5.74) is 5.59. The fourth-order valence-electron chi connectivity index (χ4n) is 3.98. The third-order valence-electron chi connectivity index (χ3n) is 5.58. The van der Waals surface area contributed by atoms with E-state index < -0.39 is 0 Å². The van der Waals surface area contributed by atoms with Crippen LogP contribution in [0.5, 0.6) is 0 Å². The van der Waals surface area contributed by atoms with Crippen LogP contribution < -0.4 is 5.32 Å². The lowest BCUT2D eigenvalue weighted by Crippen LogP contribution is -2.22. The monoisotopic (exact) mass is 436 g/mol. The maximum atomic E-state index is 12.5. The van der Waals surface area contributed by atoms with Gasteiger partial charge in [-0.3, -0.25) is 9.78 Å². The molecule has 0 saturated heterocycles. The summed E-state index contributed by atoms with van der Waals surface area (Å²) in [4.78, 5) is 21.4. The van der Waals surface area contributed by atoms with E-state index in [-0.39, 0.29) is 5.91 Å². The summed E-state index contributed by atoms with van der Waals surface area (Å²) < 4.78 is 3.95. The van der Waals surface area contributed by atoms with Crippen molar-refractivity contribution < 1.29 is 4.79 Å². The van der Waals surface area contributed by atoms with Crippen molar-refractivity contribution in [3.63, 3.8) is 0 Å². The van der Waals surface area contributed by atoms with Gasteiger partial charge in [0.1, 0.15) is 0 Å². The fraction of sp³-hybridized carbons (Fsp3) is 0.154. The number of carbonyl (C=O) groups is 1. The summed E-state index contributed by atoms with van der Waals surface area (Å²) in [7, 11) is 0. The average Bonchev–Trinajstić information content (AvgIpc) is 3.47. The zero-order chi connectivity index (χ0) is 22.8. The average molecular weight is 437 g/mol. The Bertz CT molecular complexity index is 1400. The number of aryl methyl sites for hydroxylation is 2. The molecule has 7 heteroatoms. The van der Waals surface area contributed by atoms with E-state index in [1.165, 1.54) is 0 Å². The highest BCUT2D eigenvalue weighted by atomic mass is 16.1. The second-order valence-electron chi connectivity index (χ2n) is 8.09. The van der Waals surface area contributed by atoms with E-state index in [0.29, 0.717) is 18.7 Å². The highest BCUT2D eigenvalue weighted by molar-refractivity contribution is 5.94. The van der Waals surface area contributed by atoms with Crippen molar-refractivity contribution in [2.75, 3.05) is 0 Å². The van der Waals surface area contributed by atoms with Crippen LogP contribution in [0.25, 0.3) is 16.9 Å². The zero-order valence-electron chi connectivity index (χ0n) is 18.6. The maximum absolute atomic E-state index is 12.5. The van der Waals surface area contributed by atoms with Crippen LogP contribution in [0.3, 0.4) is 0 Å². The lowest BCUT2D eigenvalue weighted by molar-refractivity contribution is 0.0951. The number of benzene rings is 1. The van der Waals surface area contributed by atoms with Gasteiger partial charge < -0.3 is 9.88 Å². The van der Waals surface area contributed by atoms with E-state index in [4.69, 9.17) is 10.1 Å². The van der Waals surface area contributed by atoms with Crippen LogP contribution in [-0.4, -0.2) is 30.2 Å². The molecule has 0 aliphatic carbocycles. The van der Waals surface area contributed by atoms with E-state index in [1.54, 1.807) is 12.4 Å². The first-order valence-electron chi connectivity index (χ1n) is 10.8. The van der Waals surface area contributed by atoms with E-state index >= 15 is 0 Å². The van der Waals surface area contributed by atoms with Gasteiger partial charge in [0.05, 0.1) is 11.9 Å². The quantitative estimate of drug-likeness (QED) is 0.433. The van der Waals surface area contributed by atoms with Crippen molar-refractivity contribution in [3.8, 4) is 5.82 Å². The number of nitrogens with one attached hydrogen (secondary N) is 1. The summed E-state index contributed by atoms with van der Waals surface area (Å²) in [6.07, 6.45) is 7.44. The molecular formula is C26H24N6O. The third-order valence-corrected chi connectivity index (χ3v) is 5.58. The topological polar surface area (TPSA) is 77.6 Å². The highest BCUT2D eigenvalue weighted by Gasteiger charge is 2.16. The number of amides is 1. The van der Waals surface area contributed by atoms with Gasteiger partial charge in [0.2, 0.25) is 0 Å². The van der Waals surface area contributed by atoms with E-state index in [9.17, 15) is 4.79 Å². The minimum absolute atomic E-state index is 0.113. The van der Waals surface area contributed by atoms with Gasteiger partial charge in [-0.2, -0.15) is 5.10 Å². The van der Waals surface area contributed by atoms with Crippen LogP contribution in [-0.2, 0) is 13.1 Å². The van der Waals surface area contributed by atoms with Crippen molar-refractivity contribution in [2.45, 2.75) is 26.9 Å². The van der Waals surface area contributed by atoms with Gasteiger partial charge in [0, 0.05) is 42.6 Å². The molecule has 0 atom stereocenters. The molecule has 0 spiro atoms. The summed E-state index contributed by atoms with van der Waals surface area (Å²) in [6, 6.07) is 17.5. The van der Waals surface area contributed by atoms with Crippen molar-refractivity contribution >= 4 is 16.9 Å². The van der Waals surface area contributed by atoms with Crippen LogP contribution in [0, 0.1) is 13.8 Å². The molecule has 4 heterocycles. The smallest absolute Gasteiger partial charge is 0.251 e. The summed E-state index contributed by atoms with van der Waals surface area (Å²) in [5.74, 6) is 0.754. The zero-order valence-corrected chi connectivity index (χ0v) is 18.6. The Hall–Kier alpha value is -4.26. The molecule has 7 nitrogen and oxygen atoms in total. The Morgan fingerprint density at radius 2 is 1.79 bits per heavy atom. The van der Waals surface area contributed by atoms with Crippen LogP contribution in [0.1, 0.15) is 32.7 Å². The summed E-state index contributed by atoms with van der Waals surface area (Å²) >= 11 is 0. The number of carbonyl (C=O) groups excluding carboxylic acids is 1. The van der Waals surface area contributed by atoms with Crippen LogP contribution in [0.15, 0.2) is 79.4 Å². The van der Waals surface area contributed by atoms with E-state index in [1.807, 2.05) is 77.1 Å². The molecule has 4 aromatic heterocycles. The lowest BCUT2D eigenvalue weighted by atomic mass is 10.1. The van der Waals surface area contributed by atoms with Crippen molar-refractivity contribution in [1.29, 1.82) is 0 Å². The molecule has 1 amide bonds. The molecular weight excluding hydrogens is 412 g/mol. The van der Waals surface area contributed by atoms with Crippen molar-refractivity contribution in [1.82, 2.24) is 29.6 Å². The predicted octanol–water partition coefficient (Wildman–Crippen LogP) is 4.21. The molecule has 1 N–H and O–H groups in total. The normalized spacial score (nSPS) is 11.1. The third kappa shape index (κ3) is 4.25. The summed E-state index contributed by atoms with van der Waals surface area (Å²) in [6.45, 7) is 5.10. The Labute approximate surface area is 191 Å². The predicted molar refractivity (Wildman–Crippen MR) is 127 cm³/mol. The van der Waals surface area contributed by atoms with Crippen molar-refractivity contribution in [3.05, 3.63) is 107 Å². The number of aromatic nitrogens is 5. The minimum Gasteiger partial charge on any atom is -0.348 e. The Morgan fingerprint density at radius 3 is 2.52 bits per heavy atom. The van der Waals surface area contributed by atoms with E-state index in [2.05, 4.69) is 23.3 Å². The first kappa shape index (κ1) is 20.6. The first-order valence-corrected chi connectivity index (χ1v) is 10.8. The van der Waals surface area contributed by atoms with Crippen LogP contribution in [0.2, 0.25) is 0 Å². The Morgan fingerprint density at radius 1 is 1.00 bits per heavy atom. The Kier molecular flexibility index (Phi) is 5.44. The molecule has 164 valence electrons. The second-order valence-corrected chi connectivity index (χ2v) is 8.09. The van der Waals surface area contributed by atoms with Gasteiger partial charge in [0.15, 0.2) is 11.5 Å². The number of fused-ring (bicyclic) bond motifs is 1. The molecule has 0 radical (unpaired) electrons. The van der Waals surface area contributed by atoms with Gasteiger partial charge in [-0.25, -0.2) is 9.67 Å². The molecule has 0 saturated carbocycles. The van der Waals surface area contributed by atoms with E-state index in [0.717, 1.165) is 39.2 Å². The lowest BCUT2D eigenvalue weighted by Gasteiger charge is -2.07. The minimum atomic E-state index is -0.113. The van der Waals surface area contributed by atoms with Crippen LogP contribution in [0.4, 0.5) is 0 Å². The number of nitrogens with zero attached hydrogens (tertiary/aromatic N) is 5. The number of pyridine rings is 2. The maximum Gasteiger partial charge on any atom is 0.251 e. The van der Waals surface area contributed by atoms with Gasteiger partial charge in [-0.15, -0.1) is 0 Å². The molecule has 1 aromatic carbocycles. The second kappa shape index (κ2) is 8.70. The van der Waals surface area contributed by atoms with Gasteiger partial charge in [0.25, 0.3) is 5.91 Å². The SMILES string of the molecule is Cc1cc(C)c2c(-n3cccc3)nn(Cc3ccc(C(=O)NCc4cccnc4)cc3)c2n1. The highest BCUT2D eigenvalue weighted by Crippen LogP contribution is 2.25. The number of rotatable bonds is 6. The first-order chi connectivity index (χ1) is 16.1. The number of hydrogen-bond acceptors (Lipinski definition) is 4. The summed E-state index contributed by atoms with van der Waals surface area (Å²) in [5, 5.41) is 8.86. The molecule has 0 aliphatic heterocycles. The largest absolute Gasteiger partial charge is 0.348 e.